The molecular formula is C29H45NO2. The van der Waals surface area contributed by atoms with E-state index >= 15 is 0 Å². The van der Waals surface area contributed by atoms with Gasteiger partial charge in [-0.3, -0.25) is 0 Å². The second-order valence-corrected chi connectivity index (χ2v) is 11.7. The summed E-state index contributed by atoms with van der Waals surface area (Å²) in [6.07, 6.45) is 8.80. The third-order valence-corrected chi connectivity index (χ3v) is 10.1. The minimum Gasteiger partial charge on any atom is -0.497 e. The summed E-state index contributed by atoms with van der Waals surface area (Å²) in [6, 6.07) is 8.43. The maximum atomic E-state index is 10.4. The number of allylic oxidation sites excluding steroid dienone is 1. The molecule has 1 aromatic rings. The van der Waals surface area contributed by atoms with E-state index in [0.717, 1.165) is 24.8 Å². The Morgan fingerprint density at radius 1 is 1.09 bits per heavy atom. The average Bonchev–Trinajstić information content (AvgIpc) is 3.10. The molecule has 3 aliphatic rings. The molecule has 7 unspecified atom stereocenters. The molecule has 3 saturated carbocycles. The number of nitrogens with one attached hydrogen (secondary N) is 1. The van der Waals surface area contributed by atoms with Gasteiger partial charge in [-0.2, -0.15) is 0 Å². The number of aliphatic hydroxyl groups is 1. The predicted octanol–water partition coefficient (Wildman–Crippen LogP) is 6.22. The third kappa shape index (κ3) is 4.28. The summed E-state index contributed by atoms with van der Waals surface area (Å²) in [4.78, 5) is 0. The molecule has 0 radical (unpaired) electrons. The van der Waals surface area contributed by atoms with Crippen LogP contribution in [-0.4, -0.2) is 25.4 Å². The minimum atomic E-state index is 0.249. The zero-order valence-electron chi connectivity index (χ0n) is 20.8. The van der Waals surface area contributed by atoms with Gasteiger partial charge in [0.05, 0.1) is 7.11 Å². The molecule has 3 aliphatic carbocycles. The highest BCUT2D eigenvalue weighted by molar-refractivity contribution is 5.27. The molecule has 178 valence electrons. The van der Waals surface area contributed by atoms with Gasteiger partial charge in [-0.1, -0.05) is 51.5 Å². The van der Waals surface area contributed by atoms with Gasteiger partial charge >= 0.3 is 0 Å². The first-order chi connectivity index (χ1) is 15.3. The number of benzene rings is 1. The molecule has 0 heterocycles. The molecule has 0 amide bonds. The lowest BCUT2D eigenvalue weighted by atomic mass is 9.49. The van der Waals surface area contributed by atoms with Gasteiger partial charge in [-0.15, -0.1) is 0 Å². The Morgan fingerprint density at radius 2 is 1.84 bits per heavy atom. The Labute approximate surface area is 196 Å². The van der Waals surface area contributed by atoms with Crippen LogP contribution < -0.4 is 10.1 Å². The summed E-state index contributed by atoms with van der Waals surface area (Å²) < 4.78 is 5.31. The van der Waals surface area contributed by atoms with Gasteiger partial charge in [0.15, 0.2) is 0 Å². The number of hydrogen-bond donors (Lipinski definition) is 2. The maximum absolute atomic E-state index is 10.4. The van der Waals surface area contributed by atoms with Gasteiger partial charge in [-0.25, -0.2) is 0 Å². The van der Waals surface area contributed by atoms with E-state index in [9.17, 15) is 5.11 Å². The summed E-state index contributed by atoms with van der Waals surface area (Å²) >= 11 is 0. The standard InChI is InChI=1S/C29H45NO2/c1-20-12-14-29(4,23(16-20)19-31)27-13-15-28(3)21(2)6-11-26(28)25(27)18-30-17-22-7-9-24(32-5)10-8-22/h7-10,20,23,25-27,30-31H,2,6,11-19H2,1,3-5H3. The van der Waals surface area contributed by atoms with Crippen molar-refractivity contribution < 1.29 is 9.84 Å². The van der Waals surface area contributed by atoms with Crippen LogP contribution in [0.4, 0.5) is 0 Å². The van der Waals surface area contributed by atoms with Gasteiger partial charge in [0.2, 0.25) is 0 Å². The normalized spacial score (nSPS) is 39.7. The SMILES string of the molecule is C=C1CCC2C(CNCc3ccc(OC)cc3)C(C3(C)CCC(C)CC3CO)CCC12C. The molecule has 0 aliphatic heterocycles. The first-order valence-electron chi connectivity index (χ1n) is 12.9. The lowest BCUT2D eigenvalue weighted by Gasteiger charge is -2.57. The fraction of sp³-hybridized carbons (Fsp3) is 0.724. The van der Waals surface area contributed by atoms with Crippen LogP contribution in [0.5, 0.6) is 5.75 Å². The quantitative estimate of drug-likeness (QED) is 0.496. The molecule has 32 heavy (non-hydrogen) atoms. The average molecular weight is 440 g/mol. The number of hydrogen-bond acceptors (Lipinski definition) is 3. The summed E-state index contributed by atoms with van der Waals surface area (Å²) in [7, 11) is 1.72. The minimum absolute atomic E-state index is 0.249. The van der Waals surface area contributed by atoms with Gasteiger partial charge in [-0.05, 0) is 103 Å². The molecule has 1 aromatic carbocycles. The summed E-state index contributed by atoms with van der Waals surface area (Å²) in [5.41, 5.74) is 3.35. The molecule has 4 rings (SSSR count). The Hall–Kier alpha value is -1.32. The van der Waals surface area contributed by atoms with Crippen LogP contribution in [0.1, 0.15) is 71.3 Å². The van der Waals surface area contributed by atoms with E-state index in [4.69, 9.17) is 4.74 Å². The highest BCUT2D eigenvalue weighted by Gasteiger charge is 2.56. The Balaban J connectivity index is 1.54. The molecule has 0 aromatic heterocycles. The van der Waals surface area contributed by atoms with Crippen LogP contribution in [0.25, 0.3) is 0 Å². The fourth-order valence-corrected chi connectivity index (χ4v) is 7.83. The maximum Gasteiger partial charge on any atom is 0.118 e. The van der Waals surface area contributed by atoms with Crippen molar-refractivity contribution in [1.29, 1.82) is 0 Å². The topological polar surface area (TPSA) is 41.5 Å². The van der Waals surface area contributed by atoms with Crippen molar-refractivity contribution in [1.82, 2.24) is 5.32 Å². The van der Waals surface area contributed by atoms with Gasteiger partial charge in [0, 0.05) is 13.2 Å². The zero-order chi connectivity index (χ0) is 22.9. The molecule has 3 fully saturated rings. The highest BCUT2D eigenvalue weighted by atomic mass is 16.5. The molecule has 7 atom stereocenters. The van der Waals surface area contributed by atoms with Crippen molar-refractivity contribution in [2.24, 2.45) is 40.4 Å². The van der Waals surface area contributed by atoms with E-state index in [1.165, 1.54) is 56.1 Å². The fourth-order valence-electron chi connectivity index (χ4n) is 7.83. The highest BCUT2D eigenvalue weighted by Crippen LogP contribution is 2.63. The van der Waals surface area contributed by atoms with Crippen molar-refractivity contribution in [3.8, 4) is 5.75 Å². The van der Waals surface area contributed by atoms with Crippen molar-refractivity contribution in [3.63, 3.8) is 0 Å². The van der Waals surface area contributed by atoms with E-state index in [1.807, 2.05) is 0 Å². The molecule has 2 N–H and O–H groups in total. The molecule has 3 nitrogen and oxygen atoms in total. The Kier molecular flexibility index (Phi) is 7.08. The Morgan fingerprint density at radius 3 is 2.53 bits per heavy atom. The largest absolute Gasteiger partial charge is 0.497 e. The summed E-state index contributed by atoms with van der Waals surface area (Å²) in [5, 5.41) is 14.2. The van der Waals surface area contributed by atoms with Crippen LogP contribution in [-0.2, 0) is 6.54 Å². The smallest absolute Gasteiger partial charge is 0.118 e. The second-order valence-electron chi connectivity index (χ2n) is 11.7. The van der Waals surface area contributed by atoms with Crippen LogP contribution >= 0.6 is 0 Å². The van der Waals surface area contributed by atoms with Crippen molar-refractivity contribution in [2.45, 2.75) is 72.3 Å². The molecule has 3 heteroatoms. The summed E-state index contributed by atoms with van der Waals surface area (Å²) in [5.74, 6) is 4.14. The lowest BCUT2D eigenvalue weighted by molar-refractivity contribution is -0.0790. The number of fused-ring (bicyclic) bond motifs is 1. The number of methoxy groups -OCH3 is 1. The summed E-state index contributed by atoms with van der Waals surface area (Å²) in [6.45, 7) is 14.2. The number of aliphatic hydroxyl groups excluding tert-OH is 1. The molecular weight excluding hydrogens is 394 g/mol. The predicted molar refractivity (Wildman–Crippen MR) is 133 cm³/mol. The third-order valence-electron chi connectivity index (χ3n) is 10.1. The monoisotopic (exact) mass is 439 g/mol. The number of ether oxygens (including phenoxy) is 1. The van der Waals surface area contributed by atoms with Gasteiger partial charge in [0.25, 0.3) is 0 Å². The van der Waals surface area contributed by atoms with Gasteiger partial charge in [0.1, 0.15) is 5.75 Å². The van der Waals surface area contributed by atoms with E-state index in [2.05, 4.69) is 56.9 Å². The van der Waals surface area contributed by atoms with E-state index in [0.29, 0.717) is 35.7 Å². The molecule has 0 bridgehead atoms. The zero-order valence-corrected chi connectivity index (χ0v) is 20.8. The van der Waals surface area contributed by atoms with Crippen LogP contribution in [0.15, 0.2) is 36.4 Å². The van der Waals surface area contributed by atoms with Crippen LogP contribution in [0.2, 0.25) is 0 Å². The lowest BCUT2D eigenvalue weighted by Crippen LogP contribution is -2.52. The Bertz CT molecular complexity index is 789. The van der Waals surface area contributed by atoms with E-state index < -0.39 is 0 Å². The van der Waals surface area contributed by atoms with Crippen LogP contribution in [0, 0.1) is 40.4 Å². The van der Waals surface area contributed by atoms with E-state index in [-0.39, 0.29) is 5.41 Å². The van der Waals surface area contributed by atoms with Gasteiger partial charge < -0.3 is 15.2 Å². The first kappa shape index (κ1) is 23.8. The molecule has 0 saturated heterocycles. The van der Waals surface area contributed by atoms with Crippen molar-refractivity contribution >= 4 is 0 Å². The first-order valence-corrected chi connectivity index (χ1v) is 12.9. The second kappa shape index (κ2) is 9.50. The number of rotatable bonds is 7. The van der Waals surface area contributed by atoms with E-state index in [1.54, 1.807) is 7.11 Å². The van der Waals surface area contributed by atoms with Crippen LogP contribution in [0.3, 0.4) is 0 Å². The molecule has 0 spiro atoms. The van der Waals surface area contributed by atoms with Crippen molar-refractivity contribution in [2.75, 3.05) is 20.3 Å². The van der Waals surface area contributed by atoms with Crippen molar-refractivity contribution in [3.05, 3.63) is 42.0 Å².